The second-order valence-corrected chi connectivity index (χ2v) is 5.54. The molecular weight excluding hydrogens is 230 g/mol. The number of nitrogens with zero attached hydrogens (tertiary/aromatic N) is 1. The van der Waals surface area contributed by atoms with Crippen LogP contribution in [0, 0.1) is 12.5 Å². The molecule has 1 aromatic rings. The molecule has 19 heavy (non-hydrogen) atoms. The standard InChI is InChI=1S/C18H23N/c1-3-4-5-6-15-7-9-16(10-8-15)17-11-13-18(19-2)14-12-17/h4-5,11-16H,3,6-10H2,1H3/b5-4+. The molecule has 0 aliphatic heterocycles. The molecule has 1 fully saturated rings. The van der Waals surface area contributed by atoms with Crippen LogP contribution < -0.4 is 0 Å². The van der Waals surface area contributed by atoms with E-state index in [0.29, 0.717) is 5.92 Å². The molecule has 0 spiro atoms. The first kappa shape index (κ1) is 13.9. The third-order valence-electron chi connectivity index (χ3n) is 4.21. The maximum Gasteiger partial charge on any atom is 0.187 e. The highest BCUT2D eigenvalue weighted by atomic mass is 14.6. The van der Waals surface area contributed by atoms with Gasteiger partial charge in [0, 0.05) is 0 Å². The topological polar surface area (TPSA) is 4.36 Å². The van der Waals surface area contributed by atoms with Crippen molar-refractivity contribution < 1.29 is 0 Å². The Morgan fingerprint density at radius 3 is 2.37 bits per heavy atom. The van der Waals surface area contributed by atoms with Crippen LogP contribution in [0.3, 0.4) is 0 Å². The molecule has 0 heterocycles. The van der Waals surface area contributed by atoms with E-state index in [1.54, 1.807) is 0 Å². The van der Waals surface area contributed by atoms with Crippen LogP contribution in [0.2, 0.25) is 0 Å². The molecule has 0 aromatic heterocycles. The maximum atomic E-state index is 6.98. The highest BCUT2D eigenvalue weighted by Crippen LogP contribution is 2.37. The van der Waals surface area contributed by atoms with Gasteiger partial charge >= 0.3 is 0 Å². The Kier molecular flexibility index (Phi) is 5.21. The number of hydrogen-bond donors (Lipinski definition) is 0. The molecule has 0 atom stereocenters. The summed E-state index contributed by atoms with van der Waals surface area (Å²) >= 11 is 0. The molecule has 100 valence electrons. The molecule has 0 radical (unpaired) electrons. The molecule has 0 amide bonds. The van der Waals surface area contributed by atoms with Gasteiger partial charge in [-0.05, 0) is 55.9 Å². The Labute approximate surface area is 117 Å². The van der Waals surface area contributed by atoms with E-state index in [9.17, 15) is 0 Å². The summed E-state index contributed by atoms with van der Waals surface area (Å²) in [6, 6.07) is 8.21. The van der Waals surface area contributed by atoms with Crippen molar-refractivity contribution in [2.24, 2.45) is 5.92 Å². The molecule has 0 bridgehead atoms. The lowest BCUT2D eigenvalue weighted by Gasteiger charge is -2.28. The molecule has 2 rings (SSSR count). The van der Waals surface area contributed by atoms with E-state index in [-0.39, 0.29) is 0 Å². The summed E-state index contributed by atoms with van der Waals surface area (Å²) in [5.74, 6) is 1.60. The zero-order valence-electron chi connectivity index (χ0n) is 11.8. The number of allylic oxidation sites excluding steroid dienone is 2. The summed E-state index contributed by atoms with van der Waals surface area (Å²) in [5.41, 5.74) is 2.18. The van der Waals surface area contributed by atoms with E-state index in [2.05, 4.69) is 36.1 Å². The van der Waals surface area contributed by atoms with Crippen molar-refractivity contribution in [2.75, 3.05) is 0 Å². The zero-order chi connectivity index (χ0) is 13.5. The van der Waals surface area contributed by atoms with Crippen LogP contribution in [-0.4, -0.2) is 0 Å². The van der Waals surface area contributed by atoms with Crippen molar-refractivity contribution in [2.45, 2.75) is 51.4 Å². The molecule has 0 unspecified atom stereocenters. The minimum atomic E-state index is 0.714. The predicted octanol–water partition coefficient (Wildman–Crippen LogP) is 5.87. The summed E-state index contributed by atoms with van der Waals surface area (Å²) in [7, 11) is 0. The van der Waals surface area contributed by atoms with Crippen LogP contribution in [0.25, 0.3) is 4.85 Å². The van der Waals surface area contributed by atoms with E-state index in [1.165, 1.54) is 37.7 Å². The fraction of sp³-hybridized carbons (Fsp3) is 0.500. The second-order valence-electron chi connectivity index (χ2n) is 5.54. The Morgan fingerprint density at radius 2 is 1.79 bits per heavy atom. The Bertz CT molecular complexity index is 442. The normalized spacial score (nSPS) is 23.4. The van der Waals surface area contributed by atoms with Crippen molar-refractivity contribution in [3.63, 3.8) is 0 Å². The van der Waals surface area contributed by atoms with Crippen molar-refractivity contribution in [3.05, 3.63) is 53.4 Å². The summed E-state index contributed by atoms with van der Waals surface area (Å²) in [6.45, 7) is 9.18. The molecule has 1 heteroatoms. The molecule has 1 aromatic carbocycles. The van der Waals surface area contributed by atoms with E-state index in [0.717, 1.165) is 18.0 Å². The lowest BCUT2D eigenvalue weighted by atomic mass is 9.77. The van der Waals surface area contributed by atoms with Crippen molar-refractivity contribution in [3.8, 4) is 0 Å². The molecule has 0 N–H and O–H groups in total. The highest BCUT2D eigenvalue weighted by Gasteiger charge is 2.21. The second kappa shape index (κ2) is 7.14. The lowest BCUT2D eigenvalue weighted by Crippen LogP contribution is -2.12. The smallest absolute Gasteiger partial charge is 0.187 e. The third-order valence-corrected chi connectivity index (χ3v) is 4.21. The van der Waals surface area contributed by atoms with Crippen molar-refractivity contribution in [1.29, 1.82) is 0 Å². The average molecular weight is 253 g/mol. The van der Waals surface area contributed by atoms with Gasteiger partial charge in [0.25, 0.3) is 0 Å². The molecule has 1 saturated carbocycles. The van der Waals surface area contributed by atoms with Crippen molar-refractivity contribution in [1.82, 2.24) is 0 Å². The molecule has 1 nitrogen and oxygen atoms in total. The van der Waals surface area contributed by atoms with E-state index >= 15 is 0 Å². The van der Waals surface area contributed by atoms with Gasteiger partial charge in [0.15, 0.2) is 5.69 Å². The summed E-state index contributed by atoms with van der Waals surface area (Å²) in [6.07, 6.45) is 12.4. The van der Waals surface area contributed by atoms with Gasteiger partial charge in [-0.1, -0.05) is 43.3 Å². The minimum Gasteiger partial charge on any atom is -0.238 e. The Morgan fingerprint density at radius 1 is 1.11 bits per heavy atom. The van der Waals surface area contributed by atoms with Gasteiger partial charge in [-0.25, -0.2) is 4.85 Å². The van der Waals surface area contributed by atoms with Gasteiger partial charge in [-0.15, -0.1) is 0 Å². The summed E-state index contributed by atoms with van der Waals surface area (Å²) in [4.78, 5) is 3.45. The highest BCUT2D eigenvalue weighted by molar-refractivity contribution is 5.46. The van der Waals surface area contributed by atoms with Gasteiger partial charge in [0.2, 0.25) is 0 Å². The predicted molar refractivity (Wildman–Crippen MR) is 81.5 cm³/mol. The van der Waals surface area contributed by atoms with Gasteiger partial charge in [0.05, 0.1) is 6.57 Å². The van der Waals surface area contributed by atoms with Gasteiger partial charge in [0.1, 0.15) is 0 Å². The van der Waals surface area contributed by atoms with Crippen molar-refractivity contribution >= 4 is 5.69 Å². The first-order chi connectivity index (χ1) is 9.33. The van der Waals surface area contributed by atoms with Gasteiger partial charge < -0.3 is 0 Å². The van der Waals surface area contributed by atoms with Gasteiger partial charge in [-0.3, -0.25) is 0 Å². The fourth-order valence-corrected chi connectivity index (χ4v) is 3.01. The van der Waals surface area contributed by atoms with Gasteiger partial charge in [-0.2, -0.15) is 0 Å². The number of benzene rings is 1. The van der Waals surface area contributed by atoms with Crippen LogP contribution in [0.4, 0.5) is 5.69 Å². The SMILES string of the molecule is [C-]#[N+]c1ccc(C2CCC(C/C=C/CC)CC2)cc1. The first-order valence-electron chi connectivity index (χ1n) is 7.46. The number of rotatable bonds is 4. The quantitative estimate of drug-likeness (QED) is 0.467. The lowest BCUT2D eigenvalue weighted by molar-refractivity contribution is 0.328. The molecule has 1 aliphatic rings. The summed E-state index contributed by atoms with van der Waals surface area (Å²) in [5, 5.41) is 0. The van der Waals surface area contributed by atoms with Crippen LogP contribution in [0.15, 0.2) is 36.4 Å². The average Bonchev–Trinajstić information content (AvgIpc) is 2.48. The minimum absolute atomic E-state index is 0.714. The zero-order valence-corrected chi connectivity index (χ0v) is 11.8. The molecule has 1 aliphatic carbocycles. The maximum absolute atomic E-state index is 6.98. The monoisotopic (exact) mass is 253 g/mol. The Balaban J connectivity index is 1.85. The van der Waals surface area contributed by atoms with E-state index in [4.69, 9.17) is 6.57 Å². The first-order valence-corrected chi connectivity index (χ1v) is 7.46. The summed E-state index contributed by atoms with van der Waals surface area (Å²) < 4.78 is 0. The van der Waals surface area contributed by atoms with E-state index < -0.39 is 0 Å². The third kappa shape index (κ3) is 3.96. The van der Waals surface area contributed by atoms with Crippen LogP contribution in [0.1, 0.15) is 56.9 Å². The fourth-order valence-electron chi connectivity index (χ4n) is 3.01. The molecule has 0 saturated heterocycles. The Hall–Kier alpha value is -1.55. The van der Waals surface area contributed by atoms with Crippen LogP contribution >= 0.6 is 0 Å². The van der Waals surface area contributed by atoms with Crippen LogP contribution in [0.5, 0.6) is 0 Å². The largest absolute Gasteiger partial charge is 0.238 e. The van der Waals surface area contributed by atoms with E-state index in [1.807, 2.05) is 12.1 Å². The molecular formula is C18H23N. The van der Waals surface area contributed by atoms with Crippen LogP contribution in [-0.2, 0) is 0 Å². The number of hydrogen-bond acceptors (Lipinski definition) is 0.